The van der Waals surface area contributed by atoms with Gasteiger partial charge in [0.05, 0.1) is 24.5 Å². The molecule has 19 heavy (non-hydrogen) atoms. The summed E-state index contributed by atoms with van der Waals surface area (Å²) in [7, 11) is 0. The summed E-state index contributed by atoms with van der Waals surface area (Å²) in [4.78, 5) is 11.6. The van der Waals surface area contributed by atoms with Gasteiger partial charge in [0.25, 0.3) is 0 Å². The maximum atomic E-state index is 11.6. The van der Waals surface area contributed by atoms with E-state index in [-0.39, 0.29) is 12.0 Å². The van der Waals surface area contributed by atoms with Crippen molar-refractivity contribution < 1.29 is 14.3 Å². The van der Waals surface area contributed by atoms with Crippen molar-refractivity contribution in [2.24, 2.45) is 5.73 Å². The van der Waals surface area contributed by atoms with Crippen molar-refractivity contribution in [3.63, 3.8) is 0 Å². The number of ether oxygens (including phenoxy) is 2. The van der Waals surface area contributed by atoms with Crippen LogP contribution in [-0.4, -0.2) is 35.3 Å². The fraction of sp³-hybridized carbons (Fsp3) is 0.692. The molecule has 106 valence electrons. The quantitative estimate of drug-likeness (QED) is 0.620. The Hall–Kier alpha value is -1.24. The van der Waals surface area contributed by atoms with E-state index in [9.17, 15) is 4.79 Å². The van der Waals surface area contributed by atoms with Crippen molar-refractivity contribution >= 4 is 5.78 Å². The van der Waals surface area contributed by atoms with Gasteiger partial charge in [0, 0.05) is 19.3 Å². The van der Waals surface area contributed by atoms with Crippen molar-refractivity contribution in [2.75, 3.05) is 19.8 Å². The molecular weight excluding hydrogens is 246 g/mol. The van der Waals surface area contributed by atoms with Crippen LogP contribution in [0.5, 0.6) is 0 Å². The van der Waals surface area contributed by atoms with E-state index >= 15 is 0 Å². The maximum Gasteiger partial charge on any atom is 0.163 e. The maximum absolute atomic E-state index is 11.6. The molecule has 1 aliphatic heterocycles. The molecule has 1 aromatic rings. The first kappa shape index (κ1) is 14.2. The first-order chi connectivity index (χ1) is 9.22. The minimum absolute atomic E-state index is 0.00610. The molecule has 1 atom stereocenters. The number of carbonyl (C=O) groups excluding carboxylic acids is 1. The molecule has 0 bridgehead atoms. The van der Waals surface area contributed by atoms with Crippen LogP contribution in [0.3, 0.4) is 0 Å². The third-order valence-electron chi connectivity index (χ3n) is 3.14. The Morgan fingerprint density at radius 3 is 3.11 bits per heavy atom. The van der Waals surface area contributed by atoms with Gasteiger partial charge in [0.2, 0.25) is 0 Å². The number of rotatable bonds is 6. The fourth-order valence-corrected chi connectivity index (χ4v) is 2.16. The fourth-order valence-electron chi connectivity index (χ4n) is 2.16. The summed E-state index contributed by atoms with van der Waals surface area (Å²) in [5.74, 6) is -0.00610. The lowest BCUT2D eigenvalue weighted by Crippen LogP contribution is -2.18. The Labute approximate surface area is 112 Å². The number of ketones is 1. The van der Waals surface area contributed by atoms with Crippen LogP contribution in [0.15, 0.2) is 6.20 Å². The van der Waals surface area contributed by atoms with E-state index in [0.29, 0.717) is 31.0 Å². The van der Waals surface area contributed by atoms with Gasteiger partial charge in [0.1, 0.15) is 6.23 Å². The van der Waals surface area contributed by atoms with Gasteiger partial charge in [-0.05, 0) is 26.2 Å². The molecule has 2 rings (SSSR count). The van der Waals surface area contributed by atoms with Crippen LogP contribution in [-0.2, 0) is 16.1 Å². The first-order valence-electron chi connectivity index (χ1n) is 6.70. The van der Waals surface area contributed by atoms with E-state index in [2.05, 4.69) is 5.10 Å². The lowest BCUT2D eigenvalue weighted by Gasteiger charge is -2.22. The summed E-state index contributed by atoms with van der Waals surface area (Å²) >= 11 is 0. The smallest absolute Gasteiger partial charge is 0.163 e. The van der Waals surface area contributed by atoms with Crippen LogP contribution < -0.4 is 5.73 Å². The molecule has 0 aromatic carbocycles. The summed E-state index contributed by atoms with van der Waals surface area (Å²) in [6, 6.07) is 0. The zero-order chi connectivity index (χ0) is 13.7. The molecular formula is C13H21N3O3. The predicted molar refractivity (Wildman–Crippen MR) is 69.8 cm³/mol. The highest BCUT2D eigenvalue weighted by Crippen LogP contribution is 2.23. The minimum atomic E-state index is -0.0601. The first-order valence-corrected chi connectivity index (χ1v) is 6.70. The van der Waals surface area contributed by atoms with Gasteiger partial charge < -0.3 is 15.2 Å². The summed E-state index contributed by atoms with van der Waals surface area (Å²) in [5.41, 5.74) is 6.64. The molecule has 1 saturated heterocycles. The summed E-state index contributed by atoms with van der Waals surface area (Å²) in [6.07, 6.45) is 4.85. The van der Waals surface area contributed by atoms with Crippen LogP contribution in [0, 0.1) is 0 Å². The van der Waals surface area contributed by atoms with Gasteiger partial charge in [-0.15, -0.1) is 0 Å². The zero-order valence-corrected chi connectivity index (χ0v) is 11.3. The average molecular weight is 267 g/mol. The van der Waals surface area contributed by atoms with Crippen LogP contribution in [0.2, 0.25) is 0 Å². The van der Waals surface area contributed by atoms with Crippen molar-refractivity contribution in [3.05, 3.63) is 17.5 Å². The lowest BCUT2D eigenvalue weighted by atomic mass is 10.2. The van der Waals surface area contributed by atoms with Gasteiger partial charge in [-0.25, -0.2) is 4.68 Å². The van der Waals surface area contributed by atoms with Gasteiger partial charge >= 0.3 is 0 Å². The summed E-state index contributed by atoms with van der Waals surface area (Å²) < 4.78 is 12.8. The number of aromatic nitrogens is 2. The highest BCUT2D eigenvalue weighted by molar-refractivity contribution is 5.94. The van der Waals surface area contributed by atoms with Gasteiger partial charge in [-0.3, -0.25) is 4.79 Å². The Bertz CT molecular complexity index is 425. The molecule has 0 saturated carbocycles. The lowest BCUT2D eigenvalue weighted by molar-refractivity contribution is -0.0400. The SMILES string of the molecule is CC(=O)c1cn(C2CCCCO2)nc1COCCN. The van der Waals surface area contributed by atoms with E-state index in [0.717, 1.165) is 25.9 Å². The second-order valence-electron chi connectivity index (χ2n) is 4.69. The van der Waals surface area contributed by atoms with Gasteiger partial charge in [-0.2, -0.15) is 5.10 Å². The zero-order valence-electron chi connectivity index (χ0n) is 11.3. The van der Waals surface area contributed by atoms with Crippen LogP contribution in [0.1, 0.15) is 48.5 Å². The number of Topliss-reactive ketones (excluding diaryl/α,β-unsaturated/α-hetero) is 1. The number of nitrogens with zero attached hydrogens (tertiary/aromatic N) is 2. The molecule has 1 fully saturated rings. The molecule has 0 spiro atoms. The van der Waals surface area contributed by atoms with Crippen molar-refractivity contribution in [1.29, 1.82) is 0 Å². The molecule has 6 heteroatoms. The van der Waals surface area contributed by atoms with E-state index in [4.69, 9.17) is 15.2 Å². The minimum Gasteiger partial charge on any atom is -0.374 e. The monoisotopic (exact) mass is 267 g/mol. The highest BCUT2D eigenvalue weighted by Gasteiger charge is 2.20. The molecule has 2 N–H and O–H groups in total. The topological polar surface area (TPSA) is 79.4 Å². The molecule has 6 nitrogen and oxygen atoms in total. The van der Waals surface area contributed by atoms with Crippen LogP contribution >= 0.6 is 0 Å². The highest BCUT2D eigenvalue weighted by atomic mass is 16.5. The predicted octanol–water partition coefficient (Wildman–Crippen LogP) is 1.26. The molecule has 0 aliphatic carbocycles. The number of hydrogen-bond acceptors (Lipinski definition) is 5. The number of hydrogen-bond donors (Lipinski definition) is 1. The Kier molecular flexibility index (Phi) is 5.07. The van der Waals surface area contributed by atoms with E-state index in [1.165, 1.54) is 6.92 Å². The number of carbonyl (C=O) groups is 1. The van der Waals surface area contributed by atoms with Gasteiger partial charge in [-0.1, -0.05) is 0 Å². The molecule has 2 heterocycles. The van der Waals surface area contributed by atoms with Crippen molar-refractivity contribution in [2.45, 2.75) is 39.0 Å². The molecule has 1 unspecified atom stereocenters. The van der Waals surface area contributed by atoms with E-state index < -0.39 is 0 Å². The van der Waals surface area contributed by atoms with Crippen LogP contribution in [0.25, 0.3) is 0 Å². The standard InChI is InChI=1S/C13H21N3O3/c1-10(17)11-8-16(13-4-2-3-6-19-13)15-12(11)9-18-7-5-14/h8,13H,2-7,9,14H2,1H3. The van der Waals surface area contributed by atoms with Gasteiger partial charge in [0.15, 0.2) is 5.78 Å². The van der Waals surface area contributed by atoms with Crippen molar-refractivity contribution in [1.82, 2.24) is 9.78 Å². The second kappa shape index (κ2) is 6.79. The third-order valence-corrected chi connectivity index (χ3v) is 3.14. The van der Waals surface area contributed by atoms with E-state index in [1.54, 1.807) is 10.9 Å². The Morgan fingerprint density at radius 1 is 1.63 bits per heavy atom. The van der Waals surface area contributed by atoms with Crippen molar-refractivity contribution in [3.8, 4) is 0 Å². The Balaban J connectivity index is 2.11. The number of nitrogens with two attached hydrogens (primary N) is 1. The summed E-state index contributed by atoms with van der Waals surface area (Å²) in [5, 5.41) is 4.43. The Morgan fingerprint density at radius 2 is 2.47 bits per heavy atom. The molecule has 0 radical (unpaired) electrons. The molecule has 0 amide bonds. The normalized spacial score (nSPS) is 19.6. The third kappa shape index (κ3) is 3.62. The largest absolute Gasteiger partial charge is 0.374 e. The average Bonchev–Trinajstić information content (AvgIpc) is 2.84. The molecule has 1 aromatic heterocycles. The van der Waals surface area contributed by atoms with E-state index in [1.807, 2.05) is 0 Å². The molecule has 1 aliphatic rings. The summed E-state index contributed by atoms with van der Waals surface area (Å²) in [6.45, 7) is 3.52. The second-order valence-corrected chi connectivity index (χ2v) is 4.69. The van der Waals surface area contributed by atoms with Crippen LogP contribution in [0.4, 0.5) is 0 Å².